The molecule has 1 saturated heterocycles. The van der Waals surface area contributed by atoms with Gasteiger partial charge in [0.2, 0.25) is 5.13 Å². The molecule has 210 valence electrons. The highest BCUT2D eigenvalue weighted by atomic mass is 79.9. The molecule has 11 heteroatoms. The van der Waals surface area contributed by atoms with E-state index in [4.69, 9.17) is 16.3 Å². The highest BCUT2D eigenvalue weighted by molar-refractivity contribution is 9.10. The smallest absolute Gasteiger partial charge is 0.301 e. The average molecular weight is 671 g/mol. The van der Waals surface area contributed by atoms with Gasteiger partial charge in [-0.15, -0.1) is 10.2 Å². The Bertz CT molecular complexity index is 1610. The normalized spacial score (nSPS) is 16.4. The summed E-state index contributed by atoms with van der Waals surface area (Å²) in [7, 11) is 0. The molecule has 0 aliphatic carbocycles. The summed E-state index contributed by atoms with van der Waals surface area (Å²) in [6, 6.07) is 20.8. The lowest BCUT2D eigenvalue weighted by Gasteiger charge is -2.22. The summed E-state index contributed by atoms with van der Waals surface area (Å²) in [6.07, 6.45) is 1.95. The maximum atomic E-state index is 13.5. The molecule has 2 heterocycles. The molecule has 1 N–H and O–H groups in total. The number of carbonyl (C=O) groups excluding carboxylic acids is 2. The molecule has 0 radical (unpaired) electrons. The summed E-state index contributed by atoms with van der Waals surface area (Å²) in [6.45, 7) is 2.68. The third-order valence-corrected chi connectivity index (χ3v) is 9.38. The van der Waals surface area contributed by atoms with Gasteiger partial charge in [0.1, 0.15) is 11.5 Å². The second kappa shape index (κ2) is 13.2. The minimum absolute atomic E-state index is 0.0202. The molecule has 5 rings (SSSR count). The molecule has 1 amide bonds. The number of aliphatic hydroxyl groups excluding tert-OH is 1. The first kappa shape index (κ1) is 29.3. The third-order valence-electron chi connectivity index (χ3n) is 6.41. The fourth-order valence-corrected chi connectivity index (χ4v) is 6.90. The molecule has 1 aliphatic heterocycles. The molecular weight excluding hydrogens is 646 g/mol. The Morgan fingerprint density at radius 2 is 1.88 bits per heavy atom. The summed E-state index contributed by atoms with van der Waals surface area (Å²) in [5, 5.41) is 20.8. The van der Waals surface area contributed by atoms with Crippen LogP contribution in [0, 0.1) is 0 Å². The number of thioether (sulfide) groups is 1. The van der Waals surface area contributed by atoms with Crippen LogP contribution in [-0.4, -0.2) is 33.6 Å². The minimum Gasteiger partial charge on any atom is -0.507 e. The number of rotatable bonds is 10. The number of benzene rings is 3. The molecule has 3 aromatic carbocycles. The first-order valence-electron chi connectivity index (χ1n) is 12.9. The number of aromatic nitrogens is 2. The molecule has 1 atom stereocenters. The zero-order valence-corrected chi connectivity index (χ0v) is 25.9. The second-order valence-corrected chi connectivity index (χ2v) is 12.7. The Kier molecular flexibility index (Phi) is 9.44. The van der Waals surface area contributed by atoms with Crippen LogP contribution >= 0.6 is 50.6 Å². The molecule has 41 heavy (non-hydrogen) atoms. The van der Waals surface area contributed by atoms with Gasteiger partial charge in [-0.05, 0) is 60.0 Å². The largest absolute Gasteiger partial charge is 0.507 e. The fourth-order valence-electron chi connectivity index (χ4n) is 4.33. The van der Waals surface area contributed by atoms with Gasteiger partial charge in [-0.1, -0.05) is 94.3 Å². The lowest BCUT2D eigenvalue weighted by molar-refractivity contribution is -0.132. The Labute approximate surface area is 259 Å². The molecule has 4 aromatic rings. The van der Waals surface area contributed by atoms with E-state index < -0.39 is 17.7 Å². The highest BCUT2D eigenvalue weighted by Crippen LogP contribution is 2.44. The maximum absolute atomic E-state index is 13.5. The summed E-state index contributed by atoms with van der Waals surface area (Å²) >= 11 is 12.4. The predicted molar refractivity (Wildman–Crippen MR) is 167 cm³/mol. The second-order valence-electron chi connectivity index (χ2n) is 9.18. The number of ether oxygens (including phenoxy) is 1. The van der Waals surface area contributed by atoms with Crippen molar-refractivity contribution in [3.8, 4) is 5.75 Å². The SMILES string of the molecule is CCCCOc1ccc(C(O)=C2C(=O)C(=O)N(c3nnc(SCc4ccccc4Cl)s3)C2c2cccc(Br)c2)cc1. The molecule has 0 bridgehead atoms. The number of carbonyl (C=O) groups is 2. The fraction of sp³-hybridized carbons (Fsp3) is 0.200. The van der Waals surface area contributed by atoms with E-state index in [1.165, 1.54) is 28.0 Å². The van der Waals surface area contributed by atoms with Crippen LogP contribution in [0.4, 0.5) is 5.13 Å². The van der Waals surface area contributed by atoms with Crippen molar-refractivity contribution in [1.29, 1.82) is 0 Å². The van der Waals surface area contributed by atoms with Crippen molar-refractivity contribution in [2.24, 2.45) is 0 Å². The van der Waals surface area contributed by atoms with E-state index in [1.807, 2.05) is 42.5 Å². The Balaban J connectivity index is 1.49. The topological polar surface area (TPSA) is 92.6 Å². The lowest BCUT2D eigenvalue weighted by atomic mass is 9.95. The van der Waals surface area contributed by atoms with Crippen LogP contribution in [0.3, 0.4) is 0 Å². The van der Waals surface area contributed by atoms with Gasteiger partial charge < -0.3 is 9.84 Å². The number of aliphatic hydroxyl groups is 1. The van der Waals surface area contributed by atoms with Crippen LogP contribution < -0.4 is 9.64 Å². The maximum Gasteiger partial charge on any atom is 0.301 e. The highest BCUT2D eigenvalue weighted by Gasteiger charge is 2.48. The number of hydrogen-bond donors (Lipinski definition) is 1. The molecule has 7 nitrogen and oxygen atoms in total. The number of halogens is 2. The van der Waals surface area contributed by atoms with Crippen LogP contribution in [0.15, 0.2) is 87.2 Å². The predicted octanol–water partition coefficient (Wildman–Crippen LogP) is 8.05. The monoisotopic (exact) mass is 669 g/mol. The van der Waals surface area contributed by atoms with E-state index >= 15 is 0 Å². The minimum atomic E-state index is -0.901. The number of anilines is 1. The van der Waals surface area contributed by atoms with Gasteiger partial charge in [0.05, 0.1) is 18.2 Å². The first-order valence-corrected chi connectivity index (χ1v) is 15.8. The van der Waals surface area contributed by atoms with Crippen molar-refractivity contribution in [2.75, 3.05) is 11.5 Å². The number of amides is 1. The number of nitrogens with zero attached hydrogens (tertiary/aromatic N) is 3. The zero-order valence-electron chi connectivity index (χ0n) is 21.9. The number of Topliss-reactive ketones (excluding diaryl/α,β-unsaturated/α-hetero) is 1. The summed E-state index contributed by atoms with van der Waals surface area (Å²) < 4.78 is 7.11. The van der Waals surface area contributed by atoms with Crippen LogP contribution in [0.1, 0.15) is 42.5 Å². The molecule has 1 aromatic heterocycles. The molecule has 1 unspecified atom stereocenters. The van der Waals surface area contributed by atoms with E-state index in [9.17, 15) is 14.7 Å². The molecule has 0 saturated carbocycles. The van der Waals surface area contributed by atoms with Crippen molar-refractivity contribution in [3.63, 3.8) is 0 Å². The van der Waals surface area contributed by atoms with Crippen molar-refractivity contribution < 1.29 is 19.4 Å². The average Bonchev–Trinajstić information content (AvgIpc) is 3.54. The van der Waals surface area contributed by atoms with E-state index in [0.717, 1.165) is 22.9 Å². The van der Waals surface area contributed by atoms with Crippen molar-refractivity contribution in [1.82, 2.24) is 10.2 Å². The van der Waals surface area contributed by atoms with Crippen LogP contribution in [0.2, 0.25) is 5.02 Å². The lowest BCUT2D eigenvalue weighted by Crippen LogP contribution is -2.29. The van der Waals surface area contributed by atoms with Gasteiger partial charge >= 0.3 is 5.91 Å². The van der Waals surface area contributed by atoms with Gasteiger partial charge in [-0.25, -0.2) is 0 Å². The van der Waals surface area contributed by atoms with Crippen molar-refractivity contribution >= 4 is 73.2 Å². The van der Waals surface area contributed by atoms with Gasteiger partial charge in [0.25, 0.3) is 5.78 Å². The van der Waals surface area contributed by atoms with Crippen LogP contribution in [0.25, 0.3) is 5.76 Å². The van der Waals surface area contributed by atoms with E-state index in [1.54, 1.807) is 30.3 Å². The number of hydrogen-bond acceptors (Lipinski definition) is 8. The number of unbranched alkanes of at least 4 members (excludes halogenated alkanes) is 1. The first-order chi connectivity index (χ1) is 19.9. The van der Waals surface area contributed by atoms with E-state index in [0.29, 0.717) is 38.6 Å². The molecule has 1 aliphatic rings. The van der Waals surface area contributed by atoms with E-state index in [-0.39, 0.29) is 16.5 Å². The van der Waals surface area contributed by atoms with Crippen molar-refractivity contribution in [3.05, 3.63) is 105 Å². The summed E-state index contributed by atoms with van der Waals surface area (Å²) in [5.41, 5.74) is 1.97. The molecule has 0 spiro atoms. The van der Waals surface area contributed by atoms with Crippen LogP contribution in [-0.2, 0) is 15.3 Å². The Morgan fingerprint density at radius 1 is 1.10 bits per heavy atom. The molecule has 1 fully saturated rings. The van der Waals surface area contributed by atoms with E-state index in [2.05, 4.69) is 33.1 Å². The van der Waals surface area contributed by atoms with Crippen molar-refractivity contribution in [2.45, 2.75) is 35.9 Å². The van der Waals surface area contributed by atoms with Crippen LogP contribution in [0.5, 0.6) is 5.75 Å². The summed E-state index contributed by atoms with van der Waals surface area (Å²) in [4.78, 5) is 28.2. The zero-order chi connectivity index (χ0) is 28.9. The molecular formula is C30H25BrClN3O4S2. The van der Waals surface area contributed by atoms with Gasteiger partial charge in [-0.3, -0.25) is 14.5 Å². The Morgan fingerprint density at radius 3 is 2.61 bits per heavy atom. The van der Waals surface area contributed by atoms with Gasteiger partial charge in [-0.2, -0.15) is 0 Å². The van der Waals surface area contributed by atoms with Gasteiger partial charge in [0.15, 0.2) is 4.34 Å². The number of ketones is 1. The quantitative estimate of drug-likeness (QED) is 0.0456. The summed E-state index contributed by atoms with van der Waals surface area (Å²) in [5.74, 6) is -0.616. The third kappa shape index (κ3) is 6.51. The Hall–Kier alpha value is -3.18. The standard InChI is InChI=1S/C30H25BrClN3O4S2/c1-2-3-15-39-22-13-11-18(12-14-22)26(36)24-25(19-8-6-9-21(31)16-19)35(28(38)27(24)37)29-33-34-30(41-29)40-17-20-7-4-5-10-23(20)32/h4-14,16,25,36H,2-3,15,17H2,1H3. The van der Waals surface area contributed by atoms with Gasteiger partial charge in [0, 0.05) is 20.8 Å².